The van der Waals surface area contributed by atoms with Gasteiger partial charge in [-0.3, -0.25) is 0 Å². The second-order valence-corrected chi connectivity index (χ2v) is 6.39. The predicted molar refractivity (Wildman–Crippen MR) is 74.9 cm³/mol. The summed E-state index contributed by atoms with van der Waals surface area (Å²) in [5.74, 6) is 0. The van der Waals surface area contributed by atoms with Crippen LogP contribution in [0.4, 0.5) is 0 Å². The Morgan fingerprint density at radius 2 is 1.44 bits per heavy atom. The zero-order valence-electron chi connectivity index (χ0n) is 10.2. The standard InChI is InChI=1S/C15H18Si/c1-11-9-10-15(13(3)12(11)2)16-14-7-5-4-6-8-14/h4-10H,16H2,1-3H3. The van der Waals surface area contributed by atoms with Crippen LogP contribution in [-0.4, -0.2) is 9.52 Å². The van der Waals surface area contributed by atoms with Crippen LogP contribution in [0.5, 0.6) is 0 Å². The number of benzene rings is 2. The first-order valence-corrected chi connectivity index (χ1v) is 7.19. The minimum Gasteiger partial charge on any atom is -0.0633 e. The van der Waals surface area contributed by atoms with Gasteiger partial charge >= 0.3 is 0 Å². The van der Waals surface area contributed by atoms with Crippen LogP contribution in [0, 0.1) is 20.8 Å². The molecule has 2 rings (SSSR count). The van der Waals surface area contributed by atoms with Crippen LogP contribution in [0.2, 0.25) is 0 Å². The summed E-state index contributed by atoms with van der Waals surface area (Å²) in [5.41, 5.74) is 4.36. The van der Waals surface area contributed by atoms with Crippen molar-refractivity contribution in [3.8, 4) is 0 Å². The average Bonchev–Trinajstić information content (AvgIpc) is 2.31. The molecule has 0 unspecified atom stereocenters. The van der Waals surface area contributed by atoms with Crippen LogP contribution in [0.1, 0.15) is 16.7 Å². The summed E-state index contributed by atoms with van der Waals surface area (Å²) in [6, 6.07) is 15.4. The summed E-state index contributed by atoms with van der Waals surface area (Å²) in [4.78, 5) is 0. The largest absolute Gasteiger partial charge is 0.0878 e. The molecule has 0 N–H and O–H groups in total. The lowest BCUT2D eigenvalue weighted by atomic mass is 10.1. The van der Waals surface area contributed by atoms with Crippen LogP contribution in [0.3, 0.4) is 0 Å². The Hall–Kier alpha value is -1.34. The topological polar surface area (TPSA) is 0 Å². The van der Waals surface area contributed by atoms with Crippen molar-refractivity contribution in [2.75, 3.05) is 0 Å². The van der Waals surface area contributed by atoms with E-state index < -0.39 is 0 Å². The fraction of sp³-hybridized carbons (Fsp3) is 0.200. The number of aryl methyl sites for hydroxylation is 1. The Morgan fingerprint density at radius 1 is 0.750 bits per heavy atom. The highest BCUT2D eigenvalue weighted by molar-refractivity contribution is 6.67. The van der Waals surface area contributed by atoms with E-state index in [4.69, 9.17) is 0 Å². The first kappa shape index (κ1) is 11.2. The molecule has 0 atom stereocenters. The van der Waals surface area contributed by atoms with E-state index in [9.17, 15) is 0 Å². The van der Waals surface area contributed by atoms with Crippen molar-refractivity contribution >= 4 is 19.9 Å². The molecule has 82 valence electrons. The second-order valence-electron chi connectivity index (χ2n) is 4.45. The van der Waals surface area contributed by atoms with Crippen molar-refractivity contribution in [1.29, 1.82) is 0 Å². The molecule has 0 radical (unpaired) electrons. The first-order valence-electron chi connectivity index (χ1n) is 5.78. The zero-order chi connectivity index (χ0) is 11.5. The van der Waals surface area contributed by atoms with Crippen molar-refractivity contribution < 1.29 is 0 Å². The van der Waals surface area contributed by atoms with E-state index in [0.717, 1.165) is 0 Å². The van der Waals surface area contributed by atoms with Gasteiger partial charge < -0.3 is 0 Å². The summed E-state index contributed by atoms with van der Waals surface area (Å²) in [6.45, 7) is 6.68. The van der Waals surface area contributed by atoms with E-state index in [0.29, 0.717) is 0 Å². The van der Waals surface area contributed by atoms with Gasteiger partial charge in [0.1, 0.15) is 0 Å². The number of hydrogen-bond donors (Lipinski definition) is 0. The van der Waals surface area contributed by atoms with Gasteiger partial charge in [0.2, 0.25) is 0 Å². The quantitative estimate of drug-likeness (QED) is 0.684. The van der Waals surface area contributed by atoms with E-state index in [1.807, 2.05) is 0 Å². The summed E-state index contributed by atoms with van der Waals surface area (Å²) < 4.78 is 0. The minimum absolute atomic E-state index is 0.300. The van der Waals surface area contributed by atoms with Crippen LogP contribution in [0.25, 0.3) is 0 Å². The summed E-state index contributed by atoms with van der Waals surface area (Å²) in [7, 11) is -0.300. The maximum Gasteiger partial charge on any atom is 0.0878 e. The van der Waals surface area contributed by atoms with E-state index in [2.05, 4.69) is 63.2 Å². The molecule has 0 amide bonds. The van der Waals surface area contributed by atoms with Crippen molar-refractivity contribution in [3.63, 3.8) is 0 Å². The molecule has 0 saturated carbocycles. The maximum absolute atomic E-state index is 2.32. The Morgan fingerprint density at radius 3 is 2.12 bits per heavy atom. The van der Waals surface area contributed by atoms with Crippen LogP contribution in [0.15, 0.2) is 42.5 Å². The van der Waals surface area contributed by atoms with E-state index in [1.165, 1.54) is 21.9 Å². The summed E-state index contributed by atoms with van der Waals surface area (Å²) in [6.07, 6.45) is 0. The van der Waals surface area contributed by atoms with Gasteiger partial charge in [0.25, 0.3) is 0 Å². The van der Waals surface area contributed by atoms with E-state index in [1.54, 1.807) is 5.19 Å². The molecule has 0 aliphatic rings. The Kier molecular flexibility index (Phi) is 3.25. The summed E-state index contributed by atoms with van der Waals surface area (Å²) >= 11 is 0. The Bertz CT molecular complexity index is 486. The van der Waals surface area contributed by atoms with Gasteiger partial charge in [-0.2, -0.15) is 0 Å². The molecule has 0 bridgehead atoms. The lowest BCUT2D eigenvalue weighted by molar-refractivity contribution is 1.28. The Labute approximate surface area is 100 Å². The van der Waals surface area contributed by atoms with Crippen molar-refractivity contribution in [2.45, 2.75) is 20.8 Å². The van der Waals surface area contributed by atoms with Gasteiger partial charge in [-0.25, -0.2) is 0 Å². The molecule has 0 aromatic heterocycles. The molecule has 0 spiro atoms. The van der Waals surface area contributed by atoms with E-state index >= 15 is 0 Å². The molecule has 0 heterocycles. The third-order valence-corrected chi connectivity index (χ3v) is 5.43. The molecular weight excluding hydrogens is 208 g/mol. The monoisotopic (exact) mass is 226 g/mol. The highest BCUT2D eigenvalue weighted by Crippen LogP contribution is 2.08. The first-order chi connectivity index (χ1) is 7.68. The van der Waals surface area contributed by atoms with Crippen LogP contribution >= 0.6 is 0 Å². The highest BCUT2D eigenvalue weighted by Gasteiger charge is 2.04. The fourth-order valence-electron chi connectivity index (χ4n) is 2.02. The van der Waals surface area contributed by atoms with Gasteiger partial charge in [-0.1, -0.05) is 52.8 Å². The minimum atomic E-state index is -0.300. The Balaban J connectivity index is 2.33. The lowest BCUT2D eigenvalue weighted by Gasteiger charge is -2.10. The number of rotatable bonds is 2. The molecular formula is C15H18Si. The molecule has 2 aromatic rings. The smallest absolute Gasteiger partial charge is 0.0633 e. The predicted octanol–water partition coefficient (Wildman–Crippen LogP) is 1.73. The van der Waals surface area contributed by atoms with Crippen LogP contribution in [-0.2, 0) is 0 Å². The third kappa shape index (κ3) is 2.25. The zero-order valence-corrected chi connectivity index (χ0v) is 11.7. The lowest BCUT2D eigenvalue weighted by Crippen LogP contribution is -2.29. The van der Waals surface area contributed by atoms with Gasteiger partial charge in [0, 0.05) is 0 Å². The maximum atomic E-state index is 2.32. The van der Waals surface area contributed by atoms with Crippen LogP contribution < -0.4 is 10.4 Å². The van der Waals surface area contributed by atoms with Gasteiger partial charge in [-0.15, -0.1) is 0 Å². The van der Waals surface area contributed by atoms with Gasteiger partial charge in [-0.05, 0) is 37.5 Å². The average molecular weight is 226 g/mol. The number of hydrogen-bond acceptors (Lipinski definition) is 0. The highest BCUT2D eigenvalue weighted by atomic mass is 28.2. The normalized spacial score (nSPS) is 11.2. The SMILES string of the molecule is Cc1ccc([SiH2]c2ccccc2)c(C)c1C. The van der Waals surface area contributed by atoms with Crippen molar-refractivity contribution in [3.05, 3.63) is 59.2 Å². The third-order valence-electron chi connectivity index (χ3n) is 3.41. The van der Waals surface area contributed by atoms with E-state index in [-0.39, 0.29) is 9.52 Å². The molecule has 2 aromatic carbocycles. The second kappa shape index (κ2) is 4.66. The molecule has 0 saturated heterocycles. The van der Waals surface area contributed by atoms with Crippen molar-refractivity contribution in [1.82, 2.24) is 0 Å². The molecule has 0 fully saturated rings. The van der Waals surface area contributed by atoms with Gasteiger partial charge in [0.15, 0.2) is 0 Å². The molecule has 0 aliphatic carbocycles. The molecule has 0 nitrogen and oxygen atoms in total. The molecule has 0 aliphatic heterocycles. The summed E-state index contributed by atoms with van der Waals surface area (Å²) in [5, 5.41) is 3.10. The van der Waals surface area contributed by atoms with Gasteiger partial charge in [0.05, 0.1) is 9.52 Å². The molecule has 16 heavy (non-hydrogen) atoms. The fourth-order valence-corrected chi connectivity index (χ4v) is 3.73. The van der Waals surface area contributed by atoms with Crippen molar-refractivity contribution in [2.24, 2.45) is 0 Å². The molecule has 1 heteroatoms.